The third-order valence-electron chi connectivity index (χ3n) is 5.67. The first-order valence-electron chi connectivity index (χ1n) is 11.8. The molecule has 0 radical (unpaired) electrons. The monoisotopic (exact) mass is 492 g/mol. The maximum Gasteiger partial charge on any atom is 0.262 e. The van der Waals surface area contributed by atoms with Crippen LogP contribution in [0.2, 0.25) is 0 Å². The number of nitrogens with zero attached hydrogens (tertiary/aromatic N) is 1. The number of likely N-dealkylation sites (N-methyl/N-ethyl adjacent to an activating group) is 1. The van der Waals surface area contributed by atoms with Crippen LogP contribution in [0.25, 0.3) is 0 Å². The van der Waals surface area contributed by atoms with E-state index in [1.807, 2.05) is 35.7 Å². The average molecular weight is 493 g/mol. The summed E-state index contributed by atoms with van der Waals surface area (Å²) in [6.07, 6.45) is 0.358. The molecule has 1 atom stereocenters. The van der Waals surface area contributed by atoms with Gasteiger partial charge >= 0.3 is 0 Å². The third kappa shape index (κ3) is 8.05. The highest BCUT2D eigenvalue weighted by Crippen LogP contribution is 2.13. The fraction of sp³-hybridized carbons (Fsp3) is 0.296. The molecule has 0 spiro atoms. The minimum atomic E-state index is -0.755. The largest absolute Gasteiger partial charge is 0.351 e. The van der Waals surface area contributed by atoms with Crippen molar-refractivity contribution in [3.8, 4) is 0 Å². The van der Waals surface area contributed by atoms with Gasteiger partial charge in [-0.25, -0.2) is 0 Å². The summed E-state index contributed by atoms with van der Waals surface area (Å²) in [5.41, 5.74) is 2.02. The maximum atomic E-state index is 13.1. The zero-order chi connectivity index (χ0) is 25.0. The molecule has 3 amide bonds. The molecule has 2 aromatic carbocycles. The molecule has 1 aromatic heterocycles. The molecule has 0 unspecified atom stereocenters. The first-order valence-corrected chi connectivity index (χ1v) is 12.7. The lowest BCUT2D eigenvalue weighted by atomic mass is 10.0. The Hall–Kier alpha value is -3.49. The van der Waals surface area contributed by atoms with Crippen molar-refractivity contribution >= 4 is 34.7 Å². The summed E-state index contributed by atoms with van der Waals surface area (Å²) < 4.78 is 0. The van der Waals surface area contributed by atoms with Crippen molar-refractivity contribution in [3.05, 3.63) is 88.1 Å². The van der Waals surface area contributed by atoms with Gasteiger partial charge in [-0.2, -0.15) is 0 Å². The number of nitrogens with one attached hydrogen (secondary N) is 3. The molecule has 0 aliphatic heterocycles. The van der Waals surface area contributed by atoms with Gasteiger partial charge < -0.3 is 20.9 Å². The summed E-state index contributed by atoms with van der Waals surface area (Å²) in [4.78, 5) is 40.9. The number of carbonyl (C=O) groups is 3. The van der Waals surface area contributed by atoms with Crippen LogP contribution in [-0.4, -0.2) is 54.8 Å². The van der Waals surface area contributed by atoms with Crippen LogP contribution < -0.4 is 16.0 Å². The van der Waals surface area contributed by atoms with Crippen LogP contribution in [0.1, 0.15) is 39.4 Å². The van der Waals surface area contributed by atoms with E-state index < -0.39 is 6.04 Å². The normalized spacial score (nSPS) is 11.6. The number of anilines is 1. The number of carbonyl (C=O) groups excluding carboxylic acids is 3. The van der Waals surface area contributed by atoms with Gasteiger partial charge in [-0.05, 0) is 54.4 Å². The van der Waals surface area contributed by atoms with Crippen LogP contribution in [0.15, 0.2) is 72.1 Å². The number of rotatable bonds is 12. The summed E-state index contributed by atoms with van der Waals surface area (Å²) in [6, 6.07) is 19.1. The SMILES string of the molecule is CCN(CC)CCNC(=O)c1ccc(NC(=O)[C@H](Cc2ccccc2)NC(=O)c2cccs2)cc1. The van der Waals surface area contributed by atoms with Gasteiger partial charge in [0.1, 0.15) is 6.04 Å². The second-order valence-electron chi connectivity index (χ2n) is 8.04. The maximum absolute atomic E-state index is 13.1. The Labute approximate surface area is 210 Å². The molecule has 184 valence electrons. The second-order valence-corrected chi connectivity index (χ2v) is 8.99. The van der Waals surface area contributed by atoms with E-state index in [-0.39, 0.29) is 17.7 Å². The van der Waals surface area contributed by atoms with Gasteiger partial charge in [0, 0.05) is 30.8 Å². The number of benzene rings is 2. The van der Waals surface area contributed by atoms with Crippen LogP contribution >= 0.6 is 11.3 Å². The van der Waals surface area contributed by atoms with E-state index in [2.05, 4.69) is 34.7 Å². The zero-order valence-electron chi connectivity index (χ0n) is 20.1. The highest BCUT2D eigenvalue weighted by atomic mass is 32.1. The Bertz CT molecular complexity index is 1080. The van der Waals surface area contributed by atoms with E-state index in [0.717, 1.165) is 25.2 Å². The number of hydrogen-bond acceptors (Lipinski definition) is 5. The first kappa shape index (κ1) is 26.1. The third-order valence-corrected chi connectivity index (χ3v) is 6.54. The molecule has 3 N–H and O–H groups in total. The van der Waals surface area contributed by atoms with Crippen LogP contribution in [-0.2, 0) is 11.2 Å². The van der Waals surface area contributed by atoms with Gasteiger partial charge in [0.05, 0.1) is 4.88 Å². The first-order chi connectivity index (χ1) is 17.0. The van der Waals surface area contributed by atoms with E-state index in [9.17, 15) is 14.4 Å². The number of amides is 3. The van der Waals surface area contributed by atoms with Crippen LogP contribution in [0.3, 0.4) is 0 Å². The molecule has 0 saturated heterocycles. The fourth-order valence-electron chi connectivity index (χ4n) is 3.60. The van der Waals surface area contributed by atoms with Crippen molar-refractivity contribution in [1.29, 1.82) is 0 Å². The van der Waals surface area contributed by atoms with E-state index in [4.69, 9.17) is 0 Å². The summed E-state index contributed by atoms with van der Waals surface area (Å²) in [5, 5.41) is 10.5. The lowest BCUT2D eigenvalue weighted by Gasteiger charge is -2.19. The Balaban J connectivity index is 1.61. The van der Waals surface area contributed by atoms with Crippen molar-refractivity contribution in [2.45, 2.75) is 26.3 Å². The molecule has 7 nitrogen and oxygen atoms in total. The molecule has 0 aliphatic rings. The Kier molecular flexibility index (Phi) is 10.0. The van der Waals surface area contributed by atoms with Crippen molar-refractivity contribution in [1.82, 2.24) is 15.5 Å². The Morgan fingerprint density at radius 1 is 0.886 bits per heavy atom. The molecule has 8 heteroatoms. The number of thiophene rings is 1. The number of hydrogen-bond donors (Lipinski definition) is 3. The molecule has 0 fully saturated rings. The molecule has 3 rings (SSSR count). The molecule has 3 aromatic rings. The average Bonchev–Trinajstić information content (AvgIpc) is 3.42. The molecular formula is C27H32N4O3S. The predicted molar refractivity (Wildman–Crippen MR) is 141 cm³/mol. The van der Waals surface area contributed by atoms with Crippen molar-refractivity contribution in [2.75, 3.05) is 31.5 Å². The molecule has 35 heavy (non-hydrogen) atoms. The lowest BCUT2D eigenvalue weighted by molar-refractivity contribution is -0.118. The highest BCUT2D eigenvalue weighted by Gasteiger charge is 2.22. The summed E-state index contributed by atoms with van der Waals surface area (Å²) in [5.74, 6) is -0.761. The second kappa shape index (κ2) is 13.4. The lowest BCUT2D eigenvalue weighted by Crippen LogP contribution is -2.45. The van der Waals surface area contributed by atoms with E-state index in [1.165, 1.54) is 11.3 Å². The predicted octanol–water partition coefficient (Wildman–Crippen LogP) is 3.80. The Morgan fingerprint density at radius 3 is 2.23 bits per heavy atom. The molecular weight excluding hydrogens is 460 g/mol. The summed E-state index contributed by atoms with van der Waals surface area (Å²) in [7, 11) is 0. The zero-order valence-corrected chi connectivity index (χ0v) is 20.9. The summed E-state index contributed by atoms with van der Waals surface area (Å²) >= 11 is 1.32. The van der Waals surface area contributed by atoms with Crippen molar-refractivity contribution < 1.29 is 14.4 Å². The van der Waals surface area contributed by atoms with Crippen LogP contribution in [0.5, 0.6) is 0 Å². The van der Waals surface area contributed by atoms with Crippen LogP contribution in [0.4, 0.5) is 5.69 Å². The van der Waals surface area contributed by atoms with Gasteiger partial charge in [-0.15, -0.1) is 11.3 Å². The quantitative estimate of drug-likeness (QED) is 0.359. The van der Waals surface area contributed by atoms with Crippen molar-refractivity contribution in [2.24, 2.45) is 0 Å². The molecule has 0 aliphatic carbocycles. The molecule has 0 bridgehead atoms. The minimum Gasteiger partial charge on any atom is -0.351 e. The van der Waals surface area contributed by atoms with E-state index in [0.29, 0.717) is 29.1 Å². The van der Waals surface area contributed by atoms with Gasteiger partial charge in [0.2, 0.25) is 5.91 Å². The van der Waals surface area contributed by atoms with E-state index >= 15 is 0 Å². The fourth-order valence-corrected chi connectivity index (χ4v) is 4.23. The smallest absolute Gasteiger partial charge is 0.262 e. The van der Waals surface area contributed by atoms with Gasteiger partial charge in [0.25, 0.3) is 11.8 Å². The molecule has 0 saturated carbocycles. The minimum absolute atomic E-state index is 0.153. The van der Waals surface area contributed by atoms with Crippen molar-refractivity contribution in [3.63, 3.8) is 0 Å². The van der Waals surface area contributed by atoms with E-state index in [1.54, 1.807) is 36.4 Å². The molecule has 1 heterocycles. The highest BCUT2D eigenvalue weighted by molar-refractivity contribution is 7.12. The van der Waals surface area contributed by atoms with Crippen LogP contribution in [0, 0.1) is 0 Å². The van der Waals surface area contributed by atoms with Gasteiger partial charge in [-0.3, -0.25) is 14.4 Å². The van der Waals surface area contributed by atoms with Gasteiger partial charge in [-0.1, -0.05) is 50.2 Å². The standard InChI is InChI=1S/C27H32N4O3S/c1-3-31(4-2)17-16-28-25(32)21-12-14-22(15-13-21)29-26(33)23(19-20-9-6-5-7-10-20)30-27(34)24-11-8-18-35-24/h5-15,18,23H,3-4,16-17,19H2,1-2H3,(H,28,32)(H,29,33)(H,30,34)/t23-/m0/s1. The topological polar surface area (TPSA) is 90.5 Å². The van der Waals surface area contributed by atoms with Gasteiger partial charge in [0.15, 0.2) is 0 Å². The Morgan fingerprint density at radius 2 is 1.60 bits per heavy atom. The summed E-state index contributed by atoms with van der Waals surface area (Å²) in [6.45, 7) is 7.45.